The zero-order chi connectivity index (χ0) is 23.8. The van der Waals surface area contributed by atoms with Crippen molar-refractivity contribution in [3.05, 3.63) is 57.4 Å². The van der Waals surface area contributed by atoms with Gasteiger partial charge in [0.05, 0.1) is 22.8 Å². The van der Waals surface area contributed by atoms with Crippen molar-refractivity contribution in [3.63, 3.8) is 0 Å². The van der Waals surface area contributed by atoms with Gasteiger partial charge in [-0.15, -0.1) is 0 Å². The number of carbonyl (C=O) groups is 3. The fraction of sp³-hybridized carbons (Fsp3) is 0.375. The Balaban J connectivity index is 2.22. The Hall–Kier alpha value is -3.06. The van der Waals surface area contributed by atoms with Gasteiger partial charge in [0, 0.05) is 41.8 Å². The molecule has 1 heterocycles. The third kappa shape index (κ3) is 5.79. The first kappa shape index (κ1) is 25.2. The average molecular weight is 460 g/mol. The number of amides is 2. The van der Waals surface area contributed by atoms with E-state index in [0.717, 1.165) is 17.8 Å². The maximum Gasteiger partial charge on any atom is 0.340 e. The van der Waals surface area contributed by atoms with E-state index < -0.39 is 5.97 Å². The van der Waals surface area contributed by atoms with E-state index >= 15 is 0 Å². The molecule has 0 aliphatic carbocycles. The average Bonchev–Trinajstić information content (AvgIpc) is 2.99. The highest BCUT2D eigenvalue weighted by Crippen LogP contribution is 2.25. The summed E-state index contributed by atoms with van der Waals surface area (Å²) >= 11 is 6.22. The maximum atomic E-state index is 12.5. The summed E-state index contributed by atoms with van der Waals surface area (Å²) < 4.78 is 7.20. The minimum Gasteiger partial charge on any atom is -0.462 e. The highest BCUT2D eigenvalue weighted by Gasteiger charge is 2.22. The normalized spacial score (nSPS) is 10.9. The number of esters is 1. The molecule has 2 rings (SSSR count). The van der Waals surface area contributed by atoms with Crippen molar-refractivity contribution in [2.75, 3.05) is 18.5 Å². The fourth-order valence-electron chi connectivity index (χ4n) is 3.50. The van der Waals surface area contributed by atoms with Crippen LogP contribution in [0.1, 0.15) is 64.9 Å². The highest BCUT2D eigenvalue weighted by molar-refractivity contribution is 6.34. The minimum atomic E-state index is -0.413. The largest absolute Gasteiger partial charge is 0.462 e. The molecule has 0 spiro atoms. The van der Waals surface area contributed by atoms with E-state index in [4.69, 9.17) is 16.3 Å². The number of rotatable bonds is 9. The van der Waals surface area contributed by atoms with Gasteiger partial charge in [-0.3, -0.25) is 9.59 Å². The van der Waals surface area contributed by atoms with Crippen LogP contribution in [0, 0.1) is 13.8 Å². The predicted octanol–water partition coefficient (Wildman–Crippen LogP) is 4.75. The van der Waals surface area contributed by atoms with Crippen molar-refractivity contribution in [3.8, 4) is 0 Å². The molecule has 2 amide bonds. The summed E-state index contributed by atoms with van der Waals surface area (Å²) in [4.78, 5) is 37.1. The second-order valence-corrected chi connectivity index (χ2v) is 7.60. The van der Waals surface area contributed by atoms with E-state index in [0.29, 0.717) is 35.5 Å². The Bertz CT molecular complexity index is 1040. The monoisotopic (exact) mass is 459 g/mol. The predicted molar refractivity (Wildman–Crippen MR) is 127 cm³/mol. The first-order chi connectivity index (χ1) is 15.2. The SMILES string of the molecule is CCCNC(=O)c1ccc(NC(=O)/C=C/c2c(C(=O)OCC)c(C)n(CC)c2C)cc1Cl. The lowest BCUT2D eigenvalue weighted by Crippen LogP contribution is -2.24. The number of nitrogens with zero attached hydrogens (tertiary/aromatic N) is 1. The molecule has 32 heavy (non-hydrogen) atoms. The summed E-state index contributed by atoms with van der Waals surface area (Å²) in [6.07, 6.45) is 3.80. The number of aromatic nitrogens is 1. The van der Waals surface area contributed by atoms with Gasteiger partial charge in [-0.25, -0.2) is 4.79 Å². The van der Waals surface area contributed by atoms with Gasteiger partial charge >= 0.3 is 5.97 Å². The standard InChI is InChI=1S/C24H30ClN3O4/c1-6-13-26-23(30)19-10-9-17(14-20(19)25)27-21(29)12-11-18-15(4)28(7-2)16(5)22(18)24(31)32-8-3/h9-12,14H,6-8,13H2,1-5H3,(H,26,30)(H,27,29)/b12-11+. The molecule has 0 unspecified atom stereocenters. The molecule has 2 aromatic rings. The van der Waals surface area contributed by atoms with Crippen LogP contribution in [0.25, 0.3) is 6.08 Å². The number of hydrogen-bond acceptors (Lipinski definition) is 4. The van der Waals surface area contributed by atoms with Crippen LogP contribution >= 0.6 is 11.6 Å². The number of halogens is 1. The van der Waals surface area contributed by atoms with Crippen molar-refractivity contribution in [1.82, 2.24) is 9.88 Å². The van der Waals surface area contributed by atoms with Crippen LogP contribution in [-0.2, 0) is 16.1 Å². The van der Waals surface area contributed by atoms with Crippen LogP contribution < -0.4 is 10.6 Å². The van der Waals surface area contributed by atoms with Gasteiger partial charge in [0.15, 0.2) is 0 Å². The highest BCUT2D eigenvalue weighted by atomic mass is 35.5. The van der Waals surface area contributed by atoms with Gasteiger partial charge in [0.1, 0.15) is 0 Å². The molecule has 0 aliphatic heterocycles. The number of ether oxygens (including phenoxy) is 1. The second-order valence-electron chi connectivity index (χ2n) is 7.20. The molecule has 0 fully saturated rings. The van der Waals surface area contributed by atoms with E-state index in [1.54, 1.807) is 25.1 Å². The van der Waals surface area contributed by atoms with Crippen molar-refractivity contribution in [2.24, 2.45) is 0 Å². The number of benzene rings is 1. The molecule has 0 saturated carbocycles. The van der Waals surface area contributed by atoms with Gasteiger partial charge in [-0.2, -0.15) is 0 Å². The van der Waals surface area contributed by atoms with E-state index in [1.807, 2.05) is 32.3 Å². The third-order valence-electron chi connectivity index (χ3n) is 5.04. The van der Waals surface area contributed by atoms with Crippen LogP contribution in [0.15, 0.2) is 24.3 Å². The molecule has 2 N–H and O–H groups in total. The second kappa shape index (κ2) is 11.5. The van der Waals surface area contributed by atoms with E-state index in [2.05, 4.69) is 10.6 Å². The Morgan fingerprint density at radius 1 is 1.12 bits per heavy atom. The van der Waals surface area contributed by atoms with E-state index in [-0.39, 0.29) is 23.4 Å². The quantitative estimate of drug-likeness (QED) is 0.418. The van der Waals surface area contributed by atoms with Crippen molar-refractivity contribution >= 4 is 41.1 Å². The van der Waals surface area contributed by atoms with Gasteiger partial charge in [0.2, 0.25) is 5.91 Å². The number of carbonyl (C=O) groups excluding carboxylic acids is 3. The molecule has 0 aliphatic rings. The van der Waals surface area contributed by atoms with Crippen molar-refractivity contribution < 1.29 is 19.1 Å². The zero-order valence-electron chi connectivity index (χ0n) is 19.2. The Labute approximate surface area is 193 Å². The third-order valence-corrected chi connectivity index (χ3v) is 5.36. The molecular formula is C24H30ClN3O4. The van der Waals surface area contributed by atoms with Gasteiger partial charge < -0.3 is 19.9 Å². The molecule has 1 aromatic heterocycles. The van der Waals surface area contributed by atoms with Crippen LogP contribution in [0.3, 0.4) is 0 Å². The molecule has 1 aromatic carbocycles. The van der Waals surface area contributed by atoms with Crippen molar-refractivity contribution in [2.45, 2.75) is 47.6 Å². The molecule has 172 valence electrons. The van der Waals surface area contributed by atoms with Gasteiger partial charge in [-0.05, 0) is 58.4 Å². The number of hydrogen-bond donors (Lipinski definition) is 2. The Kier molecular flexibility index (Phi) is 9.08. The summed E-state index contributed by atoms with van der Waals surface area (Å²) in [7, 11) is 0. The van der Waals surface area contributed by atoms with Crippen molar-refractivity contribution in [1.29, 1.82) is 0 Å². The summed E-state index contributed by atoms with van der Waals surface area (Å²) in [5.41, 5.74) is 3.59. The van der Waals surface area contributed by atoms with Crippen LogP contribution in [0.5, 0.6) is 0 Å². The molecule has 8 heteroatoms. The summed E-state index contributed by atoms with van der Waals surface area (Å²) in [5, 5.41) is 5.74. The summed E-state index contributed by atoms with van der Waals surface area (Å²) in [5.74, 6) is -1.06. The Morgan fingerprint density at radius 3 is 2.44 bits per heavy atom. The topological polar surface area (TPSA) is 89.4 Å². The maximum absolute atomic E-state index is 12.5. The molecule has 0 bridgehead atoms. The fourth-order valence-corrected chi connectivity index (χ4v) is 3.77. The van der Waals surface area contributed by atoms with Crippen LogP contribution in [0.4, 0.5) is 5.69 Å². The van der Waals surface area contributed by atoms with Gasteiger partial charge in [0.25, 0.3) is 5.91 Å². The molecular weight excluding hydrogens is 430 g/mol. The van der Waals surface area contributed by atoms with Crippen LogP contribution in [0.2, 0.25) is 5.02 Å². The minimum absolute atomic E-state index is 0.247. The van der Waals surface area contributed by atoms with Crippen LogP contribution in [-0.4, -0.2) is 35.5 Å². The van der Waals surface area contributed by atoms with E-state index in [9.17, 15) is 14.4 Å². The molecule has 7 nitrogen and oxygen atoms in total. The Morgan fingerprint density at radius 2 is 1.84 bits per heavy atom. The number of anilines is 1. The summed E-state index contributed by atoms with van der Waals surface area (Å²) in [6, 6.07) is 4.72. The number of nitrogens with one attached hydrogen (secondary N) is 2. The first-order valence-electron chi connectivity index (χ1n) is 10.7. The first-order valence-corrected chi connectivity index (χ1v) is 11.1. The van der Waals surface area contributed by atoms with Gasteiger partial charge in [-0.1, -0.05) is 18.5 Å². The smallest absolute Gasteiger partial charge is 0.340 e. The summed E-state index contributed by atoms with van der Waals surface area (Å²) in [6.45, 7) is 11.0. The lowest BCUT2D eigenvalue weighted by molar-refractivity contribution is -0.111. The lowest BCUT2D eigenvalue weighted by Gasteiger charge is -2.08. The zero-order valence-corrected chi connectivity index (χ0v) is 19.9. The molecule has 0 atom stereocenters. The molecule has 0 saturated heterocycles. The van der Waals surface area contributed by atoms with E-state index in [1.165, 1.54) is 12.1 Å². The molecule has 0 radical (unpaired) electrons. The lowest BCUT2D eigenvalue weighted by atomic mass is 10.1.